The predicted molar refractivity (Wildman–Crippen MR) is 59.6 cm³/mol. The van der Waals surface area contributed by atoms with Crippen molar-refractivity contribution in [1.82, 2.24) is 5.32 Å². The predicted octanol–water partition coefficient (Wildman–Crippen LogP) is 2.84. The summed E-state index contributed by atoms with van der Waals surface area (Å²) in [5.74, 6) is 0.0282. The Labute approximate surface area is 91.4 Å². The molecule has 1 aliphatic carbocycles. The molecule has 0 radical (unpaired) electrons. The van der Waals surface area contributed by atoms with E-state index in [4.69, 9.17) is 11.6 Å². The molecule has 0 aliphatic heterocycles. The quantitative estimate of drug-likeness (QED) is 0.721. The molecule has 1 atom stereocenters. The fourth-order valence-electron chi connectivity index (χ4n) is 1.92. The normalized spacial score (nSPS) is 20.4. The van der Waals surface area contributed by atoms with Gasteiger partial charge in [0.25, 0.3) is 0 Å². The van der Waals surface area contributed by atoms with Gasteiger partial charge in [-0.15, -0.1) is 11.6 Å². The number of hydrogen-bond acceptors (Lipinski definition) is 1. The Kier molecular flexibility index (Phi) is 5.31. The van der Waals surface area contributed by atoms with E-state index in [1.807, 2.05) is 6.92 Å². The van der Waals surface area contributed by atoms with Crippen LogP contribution in [-0.4, -0.2) is 17.3 Å². The SMILES string of the molecule is CCCC(Cl)C(=O)NC1CCCCC1. The molecule has 1 N–H and O–H groups in total. The summed E-state index contributed by atoms with van der Waals surface area (Å²) in [5, 5.41) is 2.70. The maximum atomic E-state index is 11.6. The van der Waals surface area contributed by atoms with E-state index in [1.165, 1.54) is 19.3 Å². The van der Waals surface area contributed by atoms with E-state index in [0.29, 0.717) is 6.04 Å². The van der Waals surface area contributed by atoms with Crippen LogP contribution in [-0.2, 0) is 4.79 Å². The van der Waals surface area contributed by atoms with E-state index >= 15 is 0 Å². The van der Waals surface area contributed by atoms with E-state index in [2.05, 4.69) is 5.32 Å². The van der Waals surface area contributed by atoms with Gasteiger partial charge in [0.15, 0.2) is 0 Å². The Hall–Kier alpha value is -0.240. The van der Waals surface area contributed by atoms with Gasteiger partial charge in [0.05, 0.1) is 0 Å². The van der Waals surface area contributed by atoms with Crippen molar-refractivity contribution in [3.8, 4) is 0 Å². The van der Waals surface area contributed by atoms with Crippen LogP contribution in [0.4, 0.5) is 0 Å². The van der Waals surface area contributed by atoms with Crippen LogP contribution in [0.2, 0.25) is 0 Å². The van der Waals surface area contributed by atoms with Crippen molar-refractivity contribution in [1.29, 1.82) is 0 Å². The van der Waals surface area contributed by atoms with E-state index in [9.17, 15) is 4.79 Å². The van der Waals surface area contributed by atoms with Crippen molar-refractivity contribution < 1.29 is 4.79 Å². The maximum absolute atomic E-state index is 11.6. The van der Waals surface area contributed by atoms with Gasteiger partial charge in [-0.3, -0.25) is 4.79 Å². The number of amides is 1. The summed E-state index contributed by atoms with van der Waals surface area (Å²) in [5.41, 5.74) is 0. The third kappa shape index (κ3) is 3.87. The highest BCUT2D eigenvalue weighted by molar-refractivity contribution is 6.30. The fourth-order valence-corrected chi connectivity index (χ4v) is 2.20. The largest absolute Gasteiger partial charge is 0.352 e. The molecule has 1 aliphatic rings. The first-order valence-corrected chi connectivity index (χ1v) is 6.12. The summed E-state index contributed by atoms with van der Waals surface area (Å²) in [6.07, 6.45) is 7.79. The second-order valence-corrected chi connectivity index (χ2v) is 4.63. The van der Waals surface area contributed by atoms with Gasteiger partial charge in [0, 0.05) is 6.04 Å². The Bertz CT molecular complexity index is 178. The summed E-state index contributed by atoms with van der Waals surface area (Å²) in [6, 6.07) is 0.384. The summed E-state index contributed by atoms with van der Waals surface area (Å²) < 4.78 is 0. The molecule has 0 saturated heterocycles. The molecule has 1 rings (SSSR count). The van der Waals surface area contributed by atoms with Crippen molar-refractivity contribution in [3.05, 3.63) is 0 Å². The average molecular weight is 218 g/mol. The van der Waals surface area contributed by atoms with Gasteiger partial charge < -0.3 is 5.32 Å². The molecule has 14 heavy (non-hydrogen) atoms. The van der Waals surface area contributed by atoms with E-state index < -0.39 is 0 Å². The molecule has 0 spiro atoms. The van der Waals surface area contributed by atoms with Crippen LogP contribution in [0.15, 0.2) is 0 Å². The van der Waals surface area contributed by atoms with Crippen molar-refractivity contribution >= 4 is 17.5 Å². The van der Waals surface area contributed by atoms with Crippen LogP contribution in [0.1, 0.15) is 51.9 Å². The van der Waals surface area contributed by atoms with E-state index in [-0.39, 0.29) is 11.3 Å². The average Bonchev–Trinajstić information content (AvgIpc) is 2.19. The smallest absolute Gasteiger partial charge is 0.238 e. The highest BCUT2D eigenvalue weighted by Gasteiger charge is 2.19. The Balaban J connectivity index is 2.24. The highest BCUT2D eigenvalue weighted by Crippen LogP contribution is 2.18. The van der Waals surface area contributed by atoms with Gasteiger partial charge in [-0.1, -0.05) is 32.6 Å². The lowest BCUT2D eigenvalue weighted by atomic mass is 9.95. The zero-order valence-corrected chi connectivity index (χ0v) is 9.65. The van der Waals surface area contributed by atoms with Crippen LogP contribution in [0.25, 0.3) is 0 Å². The van der Waals surface area contributed by atoms with Gasteiger partial charge in [0.2, 0.25) is 5.91 Å². The third-order valence-corrected chi connectivity index (χ3v) is 3.19. The molecule has 1 amide bonds. The Morgan fingerprint density at radius 3 is 2.64 bits per heavy atom. The number of rotatable bonds is 4. The first-order valence-electron chi connectivity index (χ1n) is 5.68. The molecule has 1 saturated carbocycles. The van der Waals surface area contributed by atoms with Gasteiger partial charge in [-0.25, -0.2) is 0 Å². The summed E-state index contributed by atoms with van der Waals surface area (Å²) in [7, 11) is 0. The number of nitrogens with one attached hydrogen (secondary N) is 1. The van der Waals surface area contributed by atoms with Gasteiger partial charge in [-0.2, -0.15) is 0 Å². The number of carbonyl (C=O) groups excluding carboxylic acids is 1. The second kappa shape index (κ2) is 6.28. The molecular weight excluding hydrogens is 198 g/mol. The molecule has 0 aromatic rings. The molecular formula is C11H20ClNO. The van der Waals surface area contributed by atoms with Crippen molar-refractivity contribution in [3.63, 3.8) is 0 Å². The minimum atomic E-state index is -0.332. The molecule has 1 unspecified atom stereocenters. The first-order chi connectivity index (χ1) is 6.74. The molecule has 82 valence electrons. The van der Waals surface area contributed by atoms with Crippen LogP contribution >= 0.6 is 11.6 Å². The first kappa shape index (κ1) is 11.8. The lowest BCUT2D eigenvalue weighted by molar-refractivity contribution is -0.121. The zero-order chi connectivity index (χ0) is 10.4. The van der Waals surface area contributed by atoms with Gasteiger partial charge >= 0.3 is 0 Å². The fraction of sp³-hybridized carbons (Fsp3) is 0.909. The Morgan fingerprint density at radius 2 is 2.07 bits per heavy atom. The van der Waals surface area contributed by atoms with Crippen molar-refractivity contribution in [2.24, 2.45) is 0 Å². The second-order valence-electron chi connectivity index (χ2n) is 4.10. The topological polar surface area (TPSA) is 29.1 Å². The van der Waals surface area contributed by atoms with Crippen molar-refractivity contribution in [2.45, 2.75) is 63.3 Å². The van der Waals surface area contributed by atoms with Gasteiger partial charge in [0.1, 0.15) is 5.38 Å². The number of carbonyl (C=O) groups is 1. The molecule has 0 aromatic heterocycles. The zero-order valence-electron chi connectivity index (χ0n) is 8.89. The standard InChI is InChI=1S/C11H20ClNO/c1-2-6-10(12)11(14)13-9-7-4-3-5-8-9/h9-10H,2-8H2,1H3,(H,13,14). The highest BCUT2D eigenvalue weighted by atomic mass is 35.5. The van der Waals surface area contributed by atoms with Gasteiger partial charge in [-0.05, 0) is 19.3 Å². The van der Waals surface area contributed by atoms with Crippen LogP contribution in [0.5, 0.6) is 0 Å². The Morgan fingerprint density at radius 1 is 1.43 bits per heavy atom. The summed E-state index contributed by atoms with van der Waals surface area (Å²) >= 11 is 5.94. The van der Waals surface area contributed by atoms with Crippen LogP contribution in [0, 0.1) is 0 Å². The van der Waals surface area contributed by atoms with E-state index in [0.717, 1.165) is 25.7 Å². The molecule has 0 heterocycles. The summed E-state index contributed by atoms with van der Waals surface area (Å²) in [6.45, 7) is 2.04. The molecule has 1 fully saturated rings. The van der Waals surface area contributed by atoms with Crippen LogP contribution in [0.3, 0.4) is 0 Å². The number of hydrogen-bond donors (Lipinski definition) is 1. The van der Waals surface area contributed by atoms with Crippen molar-refractivity contribution in [2.75, 3.05) is 0 Å². The molecule has 3 heteroatoms. The summed E-state index contributed by atoms with van der Waals surface area (Å²) in [4.78, 5) is 11.6. The molecule has 0 bridgehead atoms. The lowest BCUT2D eigenvalue weighted by Gasteiger charge is -2.23. The van der Waals surface area contributed by atoms with E-state index in [1.54, 1.807) is 0 Å². The third-order valence-electron chi connectivity index (χ3n) is 2.78. The lowest BCUT2D eigenvalue weighted by Crippen LogP contribution is -2.40. The minimum Gasteiger partial charge on any atom is -0.352 e. The maximum Gasteiger partial charge on any atom is 0.238 e. The minimum absolute atomic E-state index is 0.0282. The number of alkyl halides is 1. The number of halogens is 1. The van der Waals surface area contributed by atoms with Crippen LogP contribution < -0.4 is 5.32 Å². The molecule has 2 nitrogen and oxygen atoms in total. The monoisotopic (exact) mass is 217 g/mol. The molecule has 0 aromatic carbocycles.